The van der Waals surface area contributed by atoms with Crippen LogP contribution in [0.2, 0.25) is 0 Å². The van der Waals surface area contributed by atoms with Crippen LogP contribution in [0.25, 0.3) is 22.3 Å². The van der Waals surface area contributed by atoms with E-state index in [0.29, 0.717) is 0 Å². The summed E-state index contributed by atoms with van der Waals surface area (Å²) in [6.07, 6.45) is 1.16. The highest BCUT2D eigenvalue weighted by atomic mass is 31.1. The predicted octanol–water partition coefficient (Wildman–Crippen LogP) is 6.47. The normalized spacial score (nSPS) is 10.9. The molecule has 0 saturated carbocycles. The number of hydrogen-bond acceptors (Lipinski definition) is 0. The molecule has 0 aliphatic rings. The average molecular weight is 366 g/mol. The van der Waals surface area contributed by atoms with E-state index in [9.17, 15) is 0 Å². The van der Waals surface area contributed by atoms with Gasteiger partial charge in [-0.05, 0) is 46.9 Å². The Morgan fingerprint density at radius 1 is 0.444 bits per heavy atom. The highest BCUT2D eigenvalue weighted by Crippen LogP contribution is 2.34. The Hall–Kier alpha value is -2.69. The van der Waals surface area contributed by atoms with E-state index in [0.717, 1.165) is 6.16 Å². The summed E-state index contributed by atoms with van der Waals surface area (Å²) in [5.74, 6) is 0. The second-order valence-corrected chi connectivity index (χ2v) is 9.09. The fourth-order valence-corrected chi connectivity index (χ4v) is 5.49. The highest BCUT2D eigenvalue weighted by molar-refractivity contribution is 7.72. The molecular weight excluding hydrogens is 343 g/mol. The van der Waals surface area contributed by atoms with Crippen molar-refractivity contribution in [1.82, 2.24) is 0 Å². The van der Waals surface area contributed by atoms with Gasteiger partial charge in [-0.3, -0.25) is 0 Å². The van der Waals surface area contributed by atoms with Gasteiger partial charge in [0.25, 0.3) is 0 Å². The van der Waals surface area contributed by atoms with Gasteiger partial charge in [0.2, 0.25) is 0 Å². The van der Waals surface area contributed by atoms with Crippen molar-refractivity contribution < 1.29 is 0 Å². The van der Waals surface area contributed by atoms with Crippen molar-refractivity contribution >= 4 is 18.5 Å². The van der Waals surface area contributed by atoms with Gasteiger partial charge in [0.1, 0.15) is 0 Å². The molecule has 132 valence electrons. The first-order valence-corrected chi connectivity index (χ1v) is 11.0. The minimum atomic E-state index is -0.311. The Morgan fingerprint density at radius 3 is 1.11 bits per heavy atom. The zero-order chi connectivity index (χ0) is 18.5. The number of rotatable bonds is 5. The summed E-state index contributed by atoms with van der Waals surface area (Å²) in [7, 11) is -0.311. The molecule has 0 aliphatic heterocycles. The molecule has 0 aliphatic carbocycles. The van der Waals surface area contributed by atoms with Crippen molar-refractivity contribution in [2.45, 2.75) is 6.92 Å². The molecule has 0 N–H and O–H groups in total. The molecule has 4 aromatic carbocycles. The molecule has 27 heavy (non-hydrogen) atoms. The van der Waals surface area contributed by atoms with E-state index in [2.05, 4.69) is 116 Å². The van der Waals surface area contributed by atoms with E-state index in [1.54, 1.807) is 0 Å². The van der Waals surface area contributed by atoms with Gasteiger partial charge in [-0.2, -0.15) is 0 Å². The van der Waals surface area contributed by atoms with E-state index >= 15 is 0 Å². The van der Waals surface area contributed by atoms with Crippen molar-refractivity contribution in [2.75, 3.05) is 6.16 Å². The van der Waals surface area contributed by atoms with Crippen LogP contribution in [0.1, 0.15) is 6.92 Å². The summed E-state index contributed by atoms with van der Waals surface area (Å²) in [5, 5.41) is 2.89. The monoisotopic (exact) mass is 366 g/mol. The zero-order valence-corrected chi connectivity index (χ0v) is 16.4. The van der Waals surface area contributed by atoms with Crippen molar-refractivity contribution in [3.05, 3.63) is 109 Å². The zero-order valence-electron chi connectivity index (χ0n) is 15.5. The summed E-state index contributed by atoms with van der Waals surface area (Å²) >= 11 is 0. The first kappa shape index (κ1) is 17.7. The summed E-state index contributed by atoms with van der Waals surface area (Å²) < 4.78 is 0. The third-order valence-electron chi connectivity index (χ3n) is 4.89. The lowest BCUT2D eigenvalue weighted by atomic mass is 10.1. The summed E-state index contributed by atoms with van der Waals surface area (Å²) in [6, 6.07) is 39.4. The summed E-state index contributed by atoms with van der Waals surface area (Å²) in [4.78, 5) is 0. The smallest absolute Gasteiger partial charge is 0.0184 e. The van der Waals surface area contributed by atoms with Gasteiger partial charge in [-0.25, -0.2) is 0 Å². The third-order valence-corrected chi connectivity index (χ3v) is 7.36. The maximum absolute atomic E-state index is 2.31. The molecule has 0 radical (unpaired) electrons. The fourth-order valence-electron chi connectivity index (χ4n) is 3.44. The van der Waals surface area contributed by atoms with Crippen LogP contribution in [0.4, 0.5) is 0 Å². The van der Waals surface area contributed by atoms with Gasteiger partial charge in [0.15, 0.2) is 0 Å². The molecule has 0 heterocycles. The van der Waals surface area contributed by atoms with Crippen molar-refractivity contribution in [2.24, 2.45) is 0 Å². The van der Waals surface area contributed by atoms with E-state index in [1.807, 2.05) is 0 Å². The van der Waals surface area contributed by atoms with Gasteiger partial charge in [0, 0.05) is 0 Å². The first-order valence-electron chi connectivity index (χ1n) is 9.43. The molecule has 0 amide bonds. The molecule has 0 unspecified atom stereocenters. The fraction of sp³-hybridized carbons (Fsp3) is 0.0769. The summed E-state index contributed by atoms with van der Waals surface area (Å²) in [5.41, 5.74) is 5.11. The van der Waals surface area contributed by atoms with Crippen LogP contribution in [-0.4, -0.2) is 6.16 Å². The van der Waals surface area contributed by atoms with Gasteiger partial charge in [0.05, 0.1) is 0 Å². The topological polar surface area (TPSA) is 0 Å². The number of hydrogen-bond donors (Lipinski definition) is 0. The number of benzene rings is 4. The lowest BCUT2D eigenvalue weighted by molar-refractivity contribution is 1.50. The van der Waals surface area contributed by atoms with Crippen LogP contribution in [0.3, 0.4) is 0 Å². The molecule has 0 nitrogen and oxygen atoms in total. The second kappa shape index (κ2) is 8.33. The maximum atomic E-state index is 2.31. The molecule has 4 rings (SSSR count). The van der Waals surface area contributed by atoms with Crippen molar-refractivity contribution in [3.63, 3.8) is 0 Å². The molecule has 0 saturated heterocycles. The minimum Gasteiger partial charge on any atom is -0.0622 e. The Morgan fingerprint density at radius 2 is 0.778 bits per heavy atom. The Labute approximate surface area is 163 Å². The predicted molar refractivity (Wildman–Crippen MR) is 120 cm³/mol. The maximum Gasteiger partial charge on any atom is -0.0184 e. The largest absolute Gasteiger partial charge is 0.0622 e. The Bertz CT molecular complexity index is 889. The van der Waals surface area contributed by atoms with Crippen LogP contribution < -0.4 is 10.6 Å². The Kier molecular flexibility index (Phi) is 5.47. The van der Waals surface area contributed by atoms with E-state index in [-0.39, 0.29) is 7.92 Å². The molecule has 0 aromatic heterocycles. The molecular formula is C26H23P. The molecule has 1 heteroatoms. The van der Waals surface area contributed by atoms with E-state index < -0.39 is 0 Å². The molecule has 0 atom stereocenters. The SMILES string of the molecule is CCP(c1ccc(-c2ccccc2)cc1)c1ccc(-c2ccccc2)cc1. The molecule has 0 bridgehead atoms. The van der Waals surface area contributed by atoms with Crippen LogP contribution in [0, 0.1) is 0 Å². The first-order chi connectivity index (χ1) is 13.3. The lowest BCUT2D eigenvalue weighted by Gasteiger charge is -2.18. The minimum absolute atomic E-state index is 0.311. The lowest BCUT2D eigenvalue weighted by Crippen LogP contribution is -2.13. The van der Waals surface area contributed by atoms with E-state index in [1.165, 1.54) is 32.9 Å². The third kappa shape index (κ3) is 4.02. The quantitative estimate of drug-likeness (QED) is 0.355. The average Bonchev–Trinajstić information content (AvgIpc) is 2.76. The van der Waals surface area contributed by atoms with Gasteiger partial charge < -0.3 is 0 Å². The van der Waals surface area contributed by atoms with Crippen molar-refractivity contribution in [3.8, 4) is 22.3 Å². The van der Waals surface area contributed by atoms with Gasteiger partial charge in [-0.15, -0.1) is 0 Å². The van der Waals surface area contributed by atoms with Crippen LogP contribution in [-0.2, 0) is 0 Å². The second-order valence-electron chi connectivity index (χ2n) is 6.57. The van der Waals surface area contributed by atoms with Gasteiger partial charge in [-0.1, -0.05) is 116 Å². The van der Waals surface area contributed by atoms with Crippen LogP contribution in [0.5, 0.6) is 0 Å². The van der Waals surface area contributed by atoms with E-state index in [4.69, 9.17) is 0 Å². The standard InChI is InChI=1S/C26H23P/c1-2-27(25-17-13-23(14-18-25)21-9-5-3-6-10-21)26-19-15-24(16-20-26)22-11-7-4-8-12-22/h3-20H,2H2,1H3. The van der Waals surface area contributed by atoms with Crippen LogP contribution in [0.15, 0.2) is 109 Å². The molecule has 0 fully saturated rings. The van der Waals surface area contributed by atoms with Crippen LogP contribution >= 0.6 is 7.92 Å². The molecule has 0 spiro atoms. The van der Waals surface area contributed by atoms with Crippen molar-refractivity contribution in [1.29, 1.82) is 0 Å². The van der Waals surface area contributed by atoms with Gasteiger partial charge >= 0.3 is 0 Å². The molecule has 4 aromatic rings. The summed E-state index contributed by atoms with van der Waals surface area (Å²) in [6.45, 7) is 2.29. The highest BCUT2D eigenvalue weighted by Gasteiger charge is 2.12. The Balaban J connectivity index is 1.58.